The van der Waals surface area contributed by atoms with Crippen LogP contribution in [-0.4, -0.2) is 66.8 Å². The number of aliphatic hydroxyl groups excluding tert-OH is 2. The van der Waals surface area contributed by atoms with E-state index >= 15 is 0 Å². The number of hydrogen-bond donors (Lipinski definition) is 3. The second-order valence-electron chi connectivity index (χ2n) is 6.26. The maximum absolute atomic E-state index is 10.2. The van der Waals surface area contributed by atoms with Crippen molar-refractivity contribution < 1.29 is 19.7 Å². The number of fused-ring (bicyclic) bond motifs is 1. The van der Waals surface area contributed by atoms with Crippen LogP contribution < -0.4 is 5.32 Å². The van der Waals surface area contributed by atoms with E-state index in [4.69, 9.17) is 15.9 Å². The van der Waals surface area contributed by atoms with Gasteiger partial charge in [-0.3, -0.25) is 4.57 Å². The molecule has 0 spiro atoms. The molecule has 0 amide bonds. The number of hydrogen-bond acceptors (Lipinski definition) is 8. The molecule has 6 atom stereocenters. The van der Waals surface area contributed by atoms with Crippen molar-refractivity contribution in [2.75, 3.05) is 11.9 Å². The molecular formula is C16H19N5O4. The fraction of sp³-hybridized carbons (Fsp3) is 0.562. The predicted octanol–water partition coefficient (Wildman–Crippen LogP) is -0.332. The Morgan fingerprint density at radius 1 is 1.32 bits per heavy atom. The molecule has 2 aliphatic heterocycles. The minimum absolute atomic E-state index is 0.0821. The van der Waals surface area contributed by atoms with Crippen LogP contribution >= 0.6 is 0 Å². The third kappa shape index (κ3) is 2.63. The minimum atomic E-state index is -1.17. The van der Waals surface area contributed by atoms with Crippen molar-refractivity contribution in [1.29, 1.82) is 0 Å². The summed E-state index contributed by atoms with van der Waals surface area (Å²) in [7, 11) is 0. The van der Waals surface area contributed by atoms with Crippen molar-refractivity contribution in [3.05, 3.63) is 12.7 Å². The van der Waals surface area contributed by atoms with Crippen molar-refractivity contribution in [3.63, 3.8) is 0 Å². The standard InChI is InChI=1S/C16H19N5O4/c1-3-10-12(22)13(23)16(25-10)21-7-19-11-14(17-6-18-15(11)21)20-9-4-5-24-8(9)2/h1,6-10,12-13,16,22-23H,4-5H2,2H3,(H,17,18,20)/t8-,9-,10+,12+,13?,16?/m0/s1. The van der Waals surface area contributed by atoms with Crippen LogP contribution in [0.4, 0.5) is 5.82 Å². The van der Waals surface area contributed by atoms with Crippen LogP contribution in [0.15, 0.2) is 12.7 Å². The highest BCUT2D eigenvalue weighted by Crippen LogP contribution is 2.32. The van der Waals surface area contributed by atoms with Crippen LogP contribution in [0.1, 0.15) is 19.6 Å². The SMILES string of the molecule is C#C[C@H]1OC(n2cnc3c(N[C@H]4CCO[C@H]4C)ncnc32)C(O)[C@@H]1O. The maximum atomic E-state index is 10.2. The maximum Gasteiger partial charge on any atom is 0.167 e. The summed E-state index contributed by atoms with van der Waals surface area (Å²) in [5.41, 5.74) is 1.04. The van der Waals surface area contributed by atoms with Crippen LogP contribution in [0.5, 0.6) is 0 Å². The zero-order valence-corrected chi connectivity index (χ0v) is 13.6. The first-order valence-electron chi connectivity index (χ1n) is 8.13. The van der Waals surface area contributed by atoms with E-state index in [-0.39, 0.29) is 12.1 Å². The monoisotopic (exact) mass is 345 g/mol. The van der Waals surface area contributed by atoms with Gasteiger partial charge in [0.2, 0.25) is 0 Å². The Morgan fingerprint density at radius 2 is 2.16 bits per heavy atom. The lowest BCUT2D eigenvalue weighted by atomic mass is 10.1. The molecule has 0 aromatic carbocycles. The van der Waals surface area contributed by atoms with Crippen LogP contribution in [0, 0.1) is 12.3 Å². The molecule has 0 radical (unpaired) electrons. The first-order valence-corrected chi connectivity index (χ1v) is 8.13. The summed E-state index contributed by atoms with van der Waals surface area (Å²) in [6.45, 7) is 2.71. The van der Waals surface area contributed by atoms with Gasteiger partial charge in [0.25, 0.3) is 0 Å². The second-order valence-corrected chi connectivity index (χ2v) is 6.26. The third-order valence-corrected chi connectivity index (χ3v) is 4.73. The second kappa shape index (κ2) is 6.24. The average Bonchev–Trinajstić information content (AvgIpc) is 3.29. The number of anilines is 1. The van der Waals surface area contributed by atoms with Crippen LogP contribution in [0.2, 0.25) is 0 Å². The first-order chi connectivity index (χ1) is 12.1. The Labute approximate surface area is 144 Å². The topological polar surface area (TPSA) is 115 Å². The molecule has 2 aromatic rings. The summed E-state index contributed by atoms with van der Waals surface area (Å²) >= 11 is 0. The smallest absolute Gasteiger partial charge is 0.167 e. The van der Waals surface area contributed by atoms with Crippen molar-refractivity contribution in [3.8, 4) is 12.3 Å². The molecule has 2 aliphatic rings. The highest BCUT2D eigenvalue weighted by Gasteiger charge is 2.43. The molecule has 9 heteroatoms. The van der Waals surface area contributed by atoms with Gasteiger partial charge in [-0.15, -0.1) is 6.42 Å². The van der Waals surface area contributed by atoms with E-state index in [1.54, 1.807) is 4.57 Å². The number of nitrogens with one attached hydrogen (secondary N) is 1. The van der Waals surface area contributed by atoms with Crippen LogP contribution in [-0.2, 0) is 9.47 Å². The fourth-order valence-corrected chi connectivity index (χ4v) is 3.27. The third-order valence-electron chi connectivity index (χ3n) is 4.73. The molecule has 2 fully saturated rings. The lowest BCUT2D eigenvalue weighted by Crippen LogP contribution is -2.30. The summed E-state index contributed by atoms with van der Waals surface area (Å²) < 4.78 is 12.7. The number of terminal acetylenes is 1. The Bertz CT molecular complexity index is 818. The van der Waals surface area contributed by atoms with E-state index in [1.807, 2.05) is 6.92 Å². The zero-order valence-electron chi connectivity index (χ0n) is 13.6. The van der Waals surface area contributed by atoms with Gasteiger partial charge in [-0.1, -0.05) is 5.92 Å². The molecule has 2 aromatic heterocycles. The molecule has 132 valence electrons. The Morgan fingerprint density at radius 3 is 2.84 bits per heavy atom. The summed E-state index contributed by atoms with van der Waals surface area (Å²) in [6.07, 6.45) is 5.12. The minimum Gasteiger partial charge on any atom is -0.386 e. The van der Waals surface area contributed by atoms with Gasteiger partial charge < -0.3 is 25.0 Å². The largest absolute Gasteiger partial charge is 0.386 e. The molecule has 0 bridgehead atoms. The van der Waals surface area contributed by atoms with E-state index in [9.17, 15) is 10.2 Å². The van der Waals surface area contributed by atoms with Crippen molar-refractivity contribution in [1.82, 2.24) is 19.5 Å². The van der Waals surface area contributed by atoms with E-state index in [0.29, 0.717) is 23.6 Å². The van der Waals surface area contributed by atoms with Crippen molar-refractivity contribution >= 4 is 17.0 Å². The number of ether oxygens (including phenoxy) is 2. The van der Waals surface area contributed by atoms with Crippen molar-refractivity contribution in [2.45, 2.75) is 50.0 Å². The van der Waals surface area contributed by atoms with E-state index < -0.39 is 24.5 Å². The Kier molecular flexibility index (Phi) is 4.05. The normalized spacial score (nSPS) is 35.1. The quantitative estimate of drug-likeness (QED) is 0.648. The molecule has 25 heavy (non-hydrogen) atoms. The molecule has 0 aliphatic carbocycles. The van der Waals surface area contributed by atoms with E-state index in [1.165, 1.54) is 12.7 Å². The number of nitrogens with zero attached hydrogens (tertiary/aromatic N) is 4. The number of imidazole rings is 1. The van der Waals surface area contributed by atoms with Gasteiger partial charge in [-0.2, -0.15) is 0 Å². The van der Waals surface area contributed by atoms with Crippen LogP contribution in [0.3, 0.4) is 0 Å². The van der Waals surface area contributed by atoms with Gasteiger partial charge in [0.1, 0.15) is 24.6 Å². The summed E-state index contributed by atoms with van der Waals surface area (Å²) in [5, 5.41) is 23.5. The summed E-state index contributed by atoms with van der Waals surface area (Å²) in [4.78, 5) is 12.9. The van der Waals surface area contributed by atoms with Gasteiger partial charge in [0.15, 0.2) is 23.2 Å². The number of aromatic nitrogens is 4. The van der Waals surface area contributed by atoms with E-state index in [2.05, 4.69) is 26.2 Å². The average molecular weight is 345 g/mol. The number of rotatable bonds is 3. The lowest BCUT2D eigenvalue weighted by Gasteiger charge is -2.18. The molecule has 4 rings (SSSR count). The number of aliphatic hydroxyl groups is 2. The molecule has 2 saturated heterocycles. The van der Waals surface area contributed by atoms with Gasteiger partial charge in [0.05, 0.1) is 18.5 Å². The Hall–Kier alpha value is -2.25. The fourth-order valence-electron chi connectivity index (χ4n) is 3.27. The van der Waals surface area contributed by atoms with Gasteiger partial charge in [0, 0.05) is 6.61 Å². The summed E-state index contributed by atoms with van der Waals surface area (Å²) in [6, 6.07) is 0.143. The molecule has 3 N–H and O–H groups in total. The summed E-state index contributed by atoms with van der Waals surface area (Å²) in [5.74, 6) is 2.91. The van der Waals surface area contributed by atoms with Gasteiger partial charge in [-0.25, -0.2) is 15.0 Å². The molecular weight excluding hydrogens is 326 g/mol. The van der Waals surface area contributed by atoms with E-state index in [0.717, 1.165) is 6.42 Å². The van der Waals surface area contributed by atoms with Gasteiger partial charge >= 0.3 is 0 Å². The Balaban J connectivity index is 1.66. The highest BCUT2D eigenvalue weighted by molar-refractivity contribution is 5.82. The highest BCUT2D eigenvalue weighted by atomic mass is 16.6. The van der Waals surface area contributed by atoms with Crippen LogP contribution in [0.25, 0.3) is 11.2 Å². The zero-order chi connectivity index (χ0) is 17.6. The van der Waals surface area contributed by atoms with Crippen molar-refractivity contribution in [2.24, 2.45) is 0 Å². The molecule has 9 nitrogen and oxygen atoms in total. The predicted molar refractivity (Wildman–Crippen MR) is 87.5 cm³/mol. The lowest BCUT2D eigenvalue weighted by molar-refractivity contribution is -0.0230. The first kappa shape index (κ1) is 16.2. The molecule has 4 heterocycles. The molecule has 0 saturated carbocycles. The molecule has 2 unspecified atom stereocenters. The van der Waals surface area contributed by atoms with Gasteiger partial charge in [-0.05, 0) is 13.3 Å².